The lowest BCUT2D eigenvalue weighted by atomic mass is 10.1. The molecule has 1 aromatic rings. The summed E-state index contributed by atoms with van der Waals surface area (Å²) in [5.41, 5.74) is 5.77. The molecular formula is C18H27N3O2S. The van der Waals surface area contributed by atoms with Crippen LogP contribution < -0.4 is 16.4 Å². The smallest absolute Gasteiger partial charge is 0.252 e. The molecule has 132 valence electrons. The average molecular weight is 350 g/mol. The Morgan fingerprint density at radius 3 is 2.50 bits per heavy atom. The van der Waals surface area contributed by atoms with Crippen molar-refractivity contribution >= 4 is 23.6 Å². The van der Waals surface area contributed by atoms with E-state index in [-0.39, 0.29) is 17.6 Å². The minimum Gasteiger partial charge on any atom is -0.369 e. The van der Waals surface area contributed by atoms with Gasteiger partial charge in [-0.3, -0.25) is 9.59 Å². The number of hydrogen-bond donors (Lipinski definition) is 3. The molecule has 6 heteroatoms. The third-order valence-electron chi connectivity index (χ3n) is 4.20. The van der Waals surface area contributed by atoms with Crippen molar-refractivity contribution < 1.29 is 9.59 Å². The third-order valence-corrected chi connectivity index (χ3v) is 5.30. The second-order valence-corrected chi connectivity index (χ2v) is 7.17. The van der Waals surface area contributed by atoms with Gasteiger partial charge in [0.05, 0.1) is 11.3 Å². The molecule has 0 atom stereocenters. The number of thioether (sulfide) groups is 1. The van der Waals surface area contributed by atoms with Gasteiger partial charge in [0.25, 0.3) is 5.91 Å². The number of carbonyl (C=O) groups excluding carboxylic acids is 2. The van der Waals surface area contributed by atoms with Gasteiger partial charge in [-0.25, -0.2) is 0 Å². The van der Waals surface area contributed by atoms with E-state index in [0.717, 1.165) is 11.4 Å². The van der Waals surface area contributed by atoms with Crippen molar-refractivity contribution in [1.29, 1.82) is 0 Å². The highest BCUT2D eigenvalue weighted by Crippen LogP contribution is 2.22. The largest absolute Gasteiger partial charge is 0.369 e. The van der Waals surface area contributed by atoms with E-state index in [9.17, 15) is 9.59 Å². The second kappa shape index (κ2) is 10.4. The molecule has 4 N–H and O–H groups in total. The molecule has 0 saturated heterocycles. The summed E-state index contributed by atoms with van der Waals surface area (Å²) >= 11 is 1.30. The fourth-order valence-electron chi connectivity index (χ4n) is 2.96. The number of benzene rings is 1. The number of amides is 2. The van der Waals surface area contributed by atoms with E-state index >= 15 is 0 Å². The van der Waals surface area contributed by atoms with Gasteiger partial charge in [-0.1, -0.05) is 37.8 Å². The first-order chi connectivity index (χ1) is 11.7. The Morgan fingerprint density at radius 1 is 1.08 bits per heavy atom. The van der Waals surface area contributed by atoms with Crippen molar-refractivity contribution in [3.63, 3.8) is 0 Å². The zero-order valence-corrected chi connectivity index (χ0v) is 14.9. The molecule has 1 aromatic carbocycles. The Balaban J connectivity index is 1.76. The van der Waals surface area contributed by atoms with E-state index in [2.05, 4.69) is 10.6 Å². The van der Waals surface area contributed by atoms with Gasteiger partial charge in [-0.2, -0.15) is 0 Å². The number of nitrogens with two attached hydrogens (primary N) is 1. The summed E-state index contributed by atoms with van der Waals surface area (Å²) in [6.07, 6.45) is 7.76. The highest BCUT2D eigenvalue weighted by atomic mass is 32.2. The SMILES string of the molecule is NC(=O)CSc1ccccc1C(=O)NCCNC1CCCCCC1. The molecule has 0 radical (unpaired) electrons. The molecule has 1 saturated carbocycles. The minimum atomic E-state index is -0.386. The molecule has 0 aliphatic heterocycles. The molecule has 0 aromatic heterocycles. The molecule has 0 heterocycles. The van der Waals surface area contributed by atoms with E-state index < -0.39 is 0 Å². The maximum atomic E-state index is 12.3. The molecule has 5 nitrogen and oxygen atoms in total. The Morgan fingerprint density at radius 2 is 1.79 bits per heavy atom. The molecule has 1 aliphatic carbocycles. The zero-order chi connectivity index (χ0) is 17.2. The van der Waals surface area contributed by atoms with Crippen LogP contribution in [0.25, 0.3) is 0 Å². The van der Waals surface area contributed by atoms with Crippen LogP contribution in [0.4, 0.5) is 0 Å². The molecule has 2 rings (SSSR count). The van der Waals surface area contributed by atoms with E-state index in [0.29, 0.717) is 18.2 Å². The molecule has 2 amide bonds. The van der Waals surface area contributed by atoms with Gasteiger partial charge in [0, 0.05) is 24.0 Å². The first-order valence-corrected chi connectivity index (χ1v) is 9.67. The van der Waals surface area contributed by atoms with Crippen LogP contribution in [0.2, 0.25) is 0 Å². The van der Waals surface area contributed by atoms with Crippen molar-refractivity contribution in [3.8, 4) is 0 Å². The standard InChI is InChI=1S/C18H27N3O2S/c19-17(22)13-24-16-10-6-5-9-15(16)18(23)21-12-11-20-14-7-3-1-2-4-8-14/h5-6,9-10,14,20H,1-4,7-8,11-13H2,(H2,19,22)(H,21,23). The summed E-state index contributed by atoms with van der Waals surface area (Å²) in [6, 6.07) is 7.88. The van der Waals surface area contributed by atoms with Crippen molar-refractivity contribution in [2.45, 2.75) is 49.5 Å². The van der Waals surface area contributed by atoms with Crippen LogP contribution in [0.1, 0.15) is 48.9 Å². The van der Waals surface area contributed by atoms with Gasteiger partial charge in [-0.15, -0.1) is 11.8 Å². The number of hydrogen-bond acceptors (Lipinski definition) is 4. The van der Waals surface area contributed by atoms with Gasteiger partial charge >= 0.3 is 0 Å². The number of nitrogens with one attached hydrogen (secondary N) is 2. The van der Waals surface area contributed by atoms with Gasteiger partial charge in [0.2, 0.25) is 5.91 Å². The third kappa shape index (κ3) is 6.53. The topological polar surface area (TPSA) is 84.2 Å². The Hall–Kier alpha value is -1.53. The van der Waals surface area contributed by atoms with Gasteiger partial charge in [0.1, 0.15) is 0 Å². The summed E-state index contributed by atoms with van der Waals surface area (Å²) < 4.78 is 0. The van der Waals surface area contributed by atoms with Crippen LogP contribution in [0.5, 0.6) is 0 Å². The average Bonchev–Trinajstić information content (AvgIpc) is 2.85. The molecule has 0 unspecified atom stereocenters. The monoisotopic (exact) mass is 349 g/mol. The predicted molar refractivity (Wildman–Crippen MR) is 98.2 cm³/mol. The normalized spacial score (nSPS) is 15.7. The lowest BCUT2D eigenvalue weighted by Gasteiger charge is -2.16. The first kappa shape index (κ1) is 18.8. The van der Waals surface area contributed by atoms with Crippen LogP contribution in [-0.2, 0) is 4.79 Å². The lowest BCUT2D eigenvalue weighted by Crippen LogP contribution is -2.37. The summed E-state index contributed by atoms with van der Waals surface area (Å²) in [5, 5.41) is 6.49. The fourth-order valence-corrected chi connectivity index (χ4v) is 3.75. The molecule has 1 fully saturated rings. The number of carbonyl (C=O) groups is 2. The number of primary amides is 1. The summed E-state index contributed by atoms with van der Waals surface area (Å²) in [6.45, 7) is 1.39. The van der Waals surface area contributed by atoms with Crippen molar-refractivity contribution in [1.82, 2.24) is 10.6 Å². The van der Waals surface area contributed by atoms with Crippen molar-refractivity contribution in [2.75, 3.05) is 18.8 Å². The van der Waals surface area contributed by atoms with E-state index in [1.807, 2.05) is 18.2 Å². The maximum absolute atomic E-state index is 12.3. The molecule has 0 spiro atoms. The van der Waals surface area contributed by atoms with Gasteiger partial charge < -0.3 is 16.4 Å². The fraction of sp³-hybridized carbons (Fsp3) is 0.556. The van der Waals surface area contributed by atoms with Crippen LogP contribution in [0.3, 0.4) is 0 Å². The Labute approximate surface area is 148 Å². The Bertz CT molecular complexity index is 543. The van der Waals surface area contributed by atoms with E-state index in [4.69, 9.17) is 5.73 Å². The zero-order valence-electron chi connectivity index (χ0n) is 14.1. The lowest BCUT2D eigenvalue weighted by molar-refractivity contribution is -0.115. The van der Waals surface area contributed by atoms with E-state index in [1.165, 1.54) is 50.3 Å². The highest BCUT2D eigenvalue weighted by molar-refractivity contribution is 8.00. The van der Waals surface area contributed by atoms with Crippen LogP contribution in [0, 0.1) is 0 Å². The highest BCUT2D eigenvalue weighted by Gasteiger charge is 2.13. The molecular weight excluding hydrogens is 322 g/mol. The Kier molecular flexibility index (Phi) is 8.12. The number of rotatable bonds is 8. The molecule has 24 heavy (non-hydrogen) atoms. The van der Waals surface area contributed by atoms with Crippen LogP contribution in [-0.4, -0.2) is 36.7 Å². The van der Waals surface area contributed by atoms with Gasteiger partial charge in [-0.05, 0) is 25.0 Å². The second-order valence-electron chi connectivity index (χ2n) is 6.15. The van der Waals surface area contributed by atoms with Crippen LogP contribution >= 0.6 is 11.8 Å². The first-order valence-electron chi connectivity index (χ1n) is 8.68. The van der Waals surface area contributed by atoms with Crippen molar-refractivity contribution in [3.05, 3.63) is 29.8 Å². The summed E-state index contributed by atoms with van der Waals surface area (Å²) in [5.74, 6) is -0.318. The van der Waals surface area contributed by atoms with Gasteiger partial charge in [0.15, 0.2) is 0 Å². The molecule has 1 aliphatic rings. The quantitative estimate of drug-likeness (QED) is 0.382. The minimum absolute atomic E-state index is 0.106. The van der Waals surface area contributed by atoms with Crippen molar-refractivity contribution in [2.24, 2.45) is 5.73 Å². The molecule has 0 bridgehead atoms. The predicted octanol–water partition coefficient (Wildman–Crippen LogP) is 2.31. The maximum Gasteiger partial charge on any atom is 0.252 e. The van der Waals surface area contributed by atoms with E-state index in [1.54, 1.807) is 6.07 Å². The van der Waals surface area contributed by atoms with Crippen LogP contribution in [0.15, 0.2) is 29.2 Å². The summed E-state index contributed by atoms with van der Waals surface area (Å²) in [4.78, 5) is 24.1. The summed E-state index contributed by atoms with van der Waals surface area (Å²) in [7, 11) is 0.